The molecule has 0 aliphatic carbocycles. The number of ether oxygens (including phenoxy) is 1. The molecular weight excluding hydrogens is 260 g/mol. The molecular formula is C14H20N2O4. The molecule has 0 spiro atoms. The maximum Gasteiger partial charge on any atom is 0.425 e. The molecule has 0 aromatic heterocycles. The van der Waals surface area contributed by atoms with Crippen molar-refractivity contribution in [1.29, 1.82) is 0 Å². The van der Waals surface area contributed by atoms with E-state index in [-0.39, 0.29) is 6.42 Å². The van der Waals surface area contributed by atoms with Crippen molar-refractivity contribution in [2.24, 2.45) is 5.84 Å². The van der Waals surface area contributed by atoms with Crippen LogP contribution in [-0.2, 0) is 16.0 Å². The van der Waals surface area contributed by atoms with Gasteiger partial charge >= 0.3 is 12.1 Å². The largest absolute Gasteiger partial charge is 0.480 e. The van der Waals surface area contributed by atoms with Gasteiger partial charge in [0.25, 0.3) is 0 Å². The Morgan fingerprint density at radius 2 is 1.85 bits per heavy atom. The first kappa shape index (κ1) is 16.0. The molecule has 6 heteroatoms. The van der Waals surface area contributed by atoms with Gasteiger partial charge in [-0.2, -0.15) is 0 Å². The van der Waals surface area contributed by atoms with Gasteiger partial charge in [0.2, 0.25) is 0 Å². The lowest BCUT2D eigenvalue weighted by molar-refractivity contribution is -0.143. The van der Waals surface area contributed by atoms with E-state index in [4.69, 9.17) is 10.6 Å². The molecule has 1 aromatic carbocycles. The molecule has 1 aromatic rings. The van der Waals surface area contributed by atoms with Crippen LogP contribution < -0.4 is 5.84 Å². The number of carbonyl (C=O) groups is 2. The third-order valence-electron chi connectivity index (χ3n) is 2.50. The summed E-state index contributed by atoms with van der Waals surface area (Å²) in [5.74, 6) is 4.42. The predicted molar refractivity (Wildman–Crippen MR) is 73.8 cm³/mol. The first-order valence-electron chi connectivity index (χ1n) is 6.24. The highest BCUT2D eigenvalue weighted by molar-refractivity contribution is 5.80. The summed E-state index contributed by atoms with van der Waals surface area (Å²) >= 11 is 0. The van der Waals surface area contributed by atoms with Crippen LogP contribution in [0, 0.1) is 0 Å². The quantitative estimate of drug-likeness (QED) is 0.498. The van der Waals surface area contributed by atoms with Crippen LogP contribution in [0.25, 0.3) is 0 Å². The fourth-order valence-corrected chi connectivity index (χ4v) is 1.58. The minimum atomic E-state index is -1.18. The molecule has 20 heavy (non-hydrogen) atoms. The maximum atomic E-state index is 11.8. The van der Waals surface area contributed by atoms with Gasteiger partial charge in [0, 0.05) is 6.42 Å². The number of nitrogens with zero attached hydrogens (tertiary/aromatic N) is 1. The van der Waals surface area contributed by atoms with E-state index >= 15 is 0 Å². The van der Waals surface area contributed by atoms with E-state index in [1.807, 2.05) is 6.07 Å². The van der Waals surface area contributed by atoms with E-state index in [9.17, 15) is 14.7 Å². The van der Waals surface area contributed by atoms with E-state index < -0.39 is 23.7 Å². The molecule has 1 rings (SSSR count). The van der Waals surface area contributed by atoms with E-state index in [1.165, 1.54) is 0 Å². The number of rotatable bonds is 4. The number of carboxylic acid groups (broad SMARTS) is 1. The van der Waals surface area contributed by atoms with Gasteiger partial charge in [0.15, 0.2) is 6.04 Å². The Kier molecular flexibility index (Phi) is 5.10. The van der Waals surface area contributed by atoms with Gasteiger partial charge < -0.3 is 9.84 Å². The Morgan fingerprint density at radius 3 is 2.30 bits per heavy atom. The number of hydrazine groups is 1. The van der Waals surface area contributed by atoms with Crippen LogP contribution >= 0.6 is 0 Å². The fraction of sp³-hybridized carbons (Fsp3) is 0.429. The van der Waals surface area contributed by atoms with E-state index in [1.54, 1.807) is 45.0 Å². The van der Waals surface area contributed by atoms with Crippen molar-refractivity contribution in [2.75, 3.05) is 0 Å². The Morgan fingerprint density at radius 1 is 1.30 bits per heavy atom. The predicted octanol–water partition coefficient (Wildman–Crippen LogP) is 1.79. The second-order valence-corrected chi connectivity index (χ2v) is 5.43. The Balaban J connectivity index is 2.81. The van der Waals surface area contributed by atoms with Crippen molar-refractivity contribution in [3.8, 4) is 0 Å². The van der Waals surface area contributed by atoms with E-state index in [0.717, 1.165) is 5.56 Å². The van der Waals surface area contributed by atoms with Crippen LogP contribution in [0.2, 0.25) is 0 Å². The SMILES string of the molecule is CC(C)(C)OC(=O)N(N)[C@@H](Cc1ccccc1)C(=O)O. The van der Waals surface area contributed by atoms with Crippen LogP contribution in [0.15, 0.2) is 30.3 Å². The first-order valence-corrected chi connectivity index (χ1v) is 6.24. The molecule has 0 bridgehead atoms. The van der Waals surface area contributed by atoms with Gasteiger partial charge in [-0.1, -0.05) is 30.3 Å². The fourth-order valence-electron chi connectivity index (χ4n) is 1.58. The van der Waals surface area contributed by atoms with Gasteiger partial charge in [-0.3, -0.25) is 0 Å². The number of benzene rings is 1. The number of amides is 1. The van der Waals surface area contributed by atoms with Crippen molar-refractivity contribution < 1.29 is 19.4 Å². The maximum absolute atomic E-state index is 11.8. The van der Waals surface area contributed by atoms with Gasteiger partial charge in [-0.15, -0.1) is 0 Å². The summed E-state index contributed by atoms with van der Waals surface area (Å²) in [6, 6.07) is 7.79. The number of carbonyl (C=O) groups excluding carboxylic acids is 1. The van der Waals surface area contributed by atoms with E-state index in [0.29, 0.717) is 5.01 Å². The minimum Gasteiger partial charge on any atom is -0.480 e. The van der Waals surface area contributed by atoms with Gasteiger partial charge in [0.05, 0.1) is 0 Å². The van der Waals surface area contributed by atoms with Crippen molar-refractivity contribution in [3.63, 3.8) is 0 Å². The number of nitrogens with two attached hydrogens (primary N) is 1. The number of hydrogen-bond donors (Lipinski definition) is 2. The zero-order valence-corrected chi connectivity index (χ0v) is 11.9. The summed E-state index contributed by atoms with van der Waals surface area (Å²) in [6.45, 7) is 5.06. The topological polar surface area (TPSA) is 92.9 Å². The summed E-state index contributed by atoms with van der Waals surface area (Å²) in [4.78, 5) is 23.1. The van der Waals surface area contributed by atoms with Gasteiger partial charge in [0.1, 0.15) is 5.60 Å². The second kappa shape index (κ2) is 6.38. The molecule has 0 unspecified atom stereocenters. The van der Waals surface area contributed by atoms with Crippen LogP contribution in [0.5, 0.6) is 0 Å². The van der Waals surface area contributed by atoms with Crippen LogP contribution in [-0.4, -0.2) is 33.8 Å². The lowest BCUT2D eigenvalue weighted by atomic mass is 10.1. The summed E-state index contributed by atoms with van der Waals surface area (Å²) in [5, 5.41) is 9.85. The molecule has 1 amide bonds. The molecule has 0 saturated heterocycles. The number of carboxylic acids is 1. The lowest BCUT2D eigenvalue weighted by Crippen LogP contribution is -2.52. The molecule has 0 heterocycles. The Labute approximate surface area is 118 Å². The third-order valence-corrected chi connectivity index (χ3v) is 2.50. The number of aliphatic carboxylic acids is 1. The van der Waals surface area contributed by atoms with Crippen LogP contribution in [0.1, 0.15) is 26.3 Å². The average molecular weight is 280 g/mol. The second-order valence-electron chi connectivity index (χ2n) is 5.43. The highest BCUT2D eigenvalue weighted by Crippen LogP contribution is 2.12. The summed E-state index contributed by atoms with van der Waals surface area (Å²) < 4.78 is 5.07. The average Bonchev–Trinajstić information content (AvgIpc) is 2.34. The zero-order valence-electron chi connectivity index (χ0n) is 11.9. The molecule has 1 atom stereocenters. The molecule has 0 fully saturated rings. The summed E-state index contributed by atoms with van der Waals surface area (Å²) in [6.07, 6.45) is -0.743. The Hall–Kier alpha value is -2.08. The molecule has 0 aliphatic heterocycles. The zero-order chi connectivity index (χ0) is 15.3. The highest BCUT2D eigenvalue weighted by atomic mass is 16.6. The summed E-state index contributed by atoms with van der Waals surface area (Å²) in [7, 11) is 0. The minimum absolute atomic E-state index is 0.117. The lowest BCUT2D eigenvalue weighted by Gasteiger charge is -2.28. The monoisotopic (exact) mass is 280 g/mol. The molecule has 0 radical (unpaired) electrons. The van der Waals surface area contributed by atoms with Crippen LogP contribution in [0.4, 0.5) is 4.79 Å². The van der Waals surface area contributed by atoms with Crippen molar-refractivity contribution >= 4 is 12.1 Å². The first-order chi connectivity index (χ1) is 9.20. The molecule has 110 valence electrons. The van der Waals surface area contributed by atoms with Gasteiger partial charge in [-0.05, 0) is 26.3 Å². The van der Waals surface area contributed by atoms with E-state index in [2.05, 4.69) is 0 Å². The Bertz CT molecular complexity index is 468. The molecule has 6 nitrogen and oxygen atoms in total. The highest BCUT2D eigenvalue weighted by Gasteiger charge is 2.31. The van der Waals surface area contributed by atoms with Crippen molar-refractivity contribution in [2.45, 2.75) is 38.8 Å². The normalized spacial score (nSPS) is 12.6. The van der Waals surface area contributed by atoms with Gasteiger partial charge in [-0.25, -0.2) is 20.4 Å². The summed E-state index contributed by atoms with van der Waals surface area (Å²) in [5.41, 5.74) is 0.0451. The molecule has 0 saturated carbocycles. The standard InChI is InChI=1S/C14H20N2O4/c1-14(2,3)20-13(19)16(15)11(12(17)18)9-10-7-5-4-6-8-10/h4-8,11H,9,15H2,1-3H3,(H,17,18)/t11-/m0/s1. The third kappa shape index (κ3) is 4.89. The van der Waals surface area contributed by atoms with Crippen molar-refractivity contribution in [1.82, 2.24) is 5.01 Å². The number of hydrogen-bond acceptors (Lipinski definition) is 4. The smallest absolute Gasteiger partial charge is 0.425 e. The molecule has 0 aliphatic rings. The van der Waals surface area contributed by atoms with Crippen molar-refractivity contribution in [3.05, 3.63) is 35.9 Å². The van der Waals surface area contributed by atoms with Crippen LogP contribution in [0.3, 0.4) is 0 Å². The molecule has 3 N–H and O–H groups in total.